The highest BCUT2D eigenvalue weighted by molar-refractivity contribution is 5.97. The average molecular weight is 258 g/mol. The lowest BCUT2D eigenvalue weighted by Crippen LogP contribution is -2.54. The van der Waals surface area contributed by atoms with Crippen molar-refractivity contribution >= 4 is 11.7 Å². The Kier molecular flexibility index (Phi) is 2.36. The van der Waals surface area contributed by atoms with E-state index in [4.69, 9.17) is 4.74 Å². The summed E-state index contributed by atoms with van der Waals surface area (Å²) in [5.74, 6) is 1.06. The van der Waals surface area contributed by atoms with Gasteiger partial charge in [0.05, 0.1) is 24.5 Å². The first kappa shape index (κ1) is 11.3. The van der Waals surface area contributed by atoms with Crippen LogP contribution in [0.25, 0.3) is 0 Å². The molecule has 2 bridgehead atoms. The zero-order chi connectivity index (χ0) is 13.0. The molecule has 3 fully saturated rings. The molecule has 19 heavy (non-hydrogen) atoms. The van der Waals surface area contributed by atoms with Crippen LogP contribution in [0.15, 0.2) is 18.2 Å². The van der Waals surface area contributed by atoms with Gasteiger partial charge < -0.3 is 10.1 Å². The predicted octanol–water partition coefficient (Wildman–Crippen LogP) is 2.03. The van der Waals surface area contributed by atoms with Crippen LogP contribution in [0.3, 0.4) is 0 Å². The van der Waals surface area contributed by atoms with E-state index in [1.165, 1.54) is 38.6 Å². The summed E-state index contributed by atoms with van der Waals surface area (Å²) in [6.45, 7) is 2.36. The summed E-state index contributed by atoms with van der Waals surface area (Å²) in [4.78, 5) is 14.4. The monoisotopic (exact) mass is 258 g/mol. The van der Waals surface area contributed by atoms with Gasteiger partial charge in [-0.3, -0.25) is 4.90 Å². The fourth-order valence-corrected chi connectivity index (χ4v) is 4.08. The molecule has 4 heterocycles. The number of nitrogens with zero attached hydrogens (tertiary/aromatic N) is 1. The number of esters is 1. The van der Waals surface area contributed by atoms with Crippen LogP contribution in [0.4, 0.5) is 5.69 Å². The number of anilines is 1. The summed E-state index contributed by atoms with van der Waals surface area (Å²) in [6.07, 6.45) is 2.95. The third-order valence-electron chi connectivity index (χ3n) is 4.97. The largest absolute Gasteiger partial charge is 0.465 e. The second-order valence-corrected chi connectivity index (χ2v) is 5.75. The van der Waals surface area contributed by atoms with Crippen molar-refractivity contribution in [3.05, 3.63) is 29.3 Å². The van der Waals surface area contributed by atoms with Crippen molar-refractivity contribution in [2.24, 2.45) is 5.92 Å². The number of fused-ring (bicyclic) bond motifs is 3. The average Bonchev–Trinajstić information content (AvgIpc) is 2.89. The number of methoxy groups -OCH3 is 1. The van der Waals surface area contributed by atoms with E-state index in [-0.39, 0.29) is 5.97 Å². The minimum Gasteiger partial charge on any atom is -0.465 e. The lowest BCUT2D eigenvalue weighted by atomic mass is 9.75. The van der Waals surface area contributed by atoms with E-state index >= 15 is 0 Å². The Morgan fingerprint density at radius 1 is 1.37 bits per heavy atom. The van der Waals surface area contributed by atoms with Gasteiger partial charge in [0.25, 0.3) is 0 Å². The van der Waals surface area contributed by atoms with Gasteiger partial charge in [-0.15, -0.1) is 0 Å². The molecule has 4 heteroatoms. The van der Waals surface area contributed by atoms with Crippen LogP contribution >= 0.6 is 0 Å². The molecular weight excluding hydrogens is 240 g/mol. The third-order valence-corrected chi connectivity index (χ3v) is 4.97. The summed E-state index contributed by atoms with van der Waals surface area (Å²) >= 11 is 0. The Bertz CT molecular complexity index is 535. The molecule has 100 valence electrons. The number of piperidine rings is 3. The van der Waals surface area contributed by atoms with Crippen LogP contribution in [0.1, 0.15) is 34.7 Å². The maximum Gasteiger partial charge on any atom is 0.339 e. The third kappa shape index (κ3) is 1.46. The maximum atomic E-state index is 11.9. The van der Waals surface area contributed by atoms with Crippen LogP contribution in [-0.2, 0) is 4.74 Å². The minimum atomic E-state index is -0.245. The van der Waals surface area contributed by atoms with Crippen molar-refractivity contribution in [2.45, 2.75) is 24.9 Å². The molecule has 1 aromatic rings. The normalized spacial score (nSPS) is 34.4. The topological polar surface area (TPSA) is 41.6 Å². The van der Waals surface area contributed by atoms with Gasteiger partial charge in [-0.05, 0) is 30.4 Å². The van der Waals surface area contributed by atoms with Gasteiger partial charge in [-0.25, -0.2) is 4.79 Å². The Balaban J connectivity index is 1.81. The molecule has 0 aliphatic carbocycles. The summed E-state index contributed by atoms with van der Waals surface area (Å²) < 4.78 is 4.89. The van der Waals surface area contributed by atoms with Crippen molar-refractivity contribution in [1.29, 1.82) is 0 Å². The van der Waals surface area contributed by atoms with Crippen LogP contribution in [0.2, 0.25) is 0 Å². The molecule has 0 amide bonds. The molecule has 1 N–H and O–H groups in total. The van der Waals surface area contributed by atoms with E-state index in [2.05, 4.69) is 16.3 Å². The van der Waals surface area contributed by atoms with Gasteiger partial charge in [0.2, 0.25) is 0 Å². The zero-order valence-corrected chi connectivity index (χ0v) is 11.1. The van der Waals surface area contributed by atoms with Gasteiger partial charge in [0.15, 0.2) is 0 Å². The van der Waals surface area contributed by atoms with Gasteiger partial charge in [0.1, 0.15) is 0 Å². The second-order valence-electron chi connectivity index (χ2n) is 5.75. The Hall–Kier alpha value is -1.55. The van der Waals surface area contributed by atoms with E-state index < -0.39 is 0 Å². The number of hydrogen-bond donors (Lipinski definition) is 1. The van der Waals surface area contributed by atoms with Crippen LogP contribution in [-0.4, -0.2) is 37.2 Å². The van der Waals surface area contributed by atoms with Crippen LogP contribution in [0, 0.1) is 5.92 Å². The molecule has 0 saturated carbocycles. The molecule has 0 spiro atoms. The highest BCUT2D eigenvalue weighted by Crippen LogP contribution is 2.50. The van der Waals surface area contributed by atoms with Crippen molar-refractivity contribution in [3.8, 4) is 0 Å². The van der Waals surface area contributed by atoms with Gasteiger partial charge in [-0.1, -0.05) is 12.1 Å². The number of rotatable bonds is 1. The number of hydrogen-bond acceptors (Lipinski definition) is 4. The molecule has 0 radical (unpaired) electrons. The highest BCUT2D eigenvalue weighted by Gasteiger charge is 2.48. The number of ether oxygens (including phenoxy) is 1. The van der Waals surface area contributed by atoms with Crippen LogP contribution in [0.5, 0.6) is 0 Å². The summed E-state index contributed by atoms with van der Waals surface area (Å²) in [5.41, 5.74) is 2.99. The minimum absolute atomic E-state index is 0.245. The number of nitrogens with one attached hydrogen (secondary N) is 1. The van der Waals surface area contributed by atoms with Gasteiger partial charge in [0, 0.05) is 19.0 Å². The van der Waals surface area contributed by atoms with E-state index in [1.807, 2.05) is 12.1 Å². The summed E-state index contributed by atoms with van der Waals surface area (Å²) in [6, 6.07) is 6.00. The molecule has 5 rings (SSSR count). The summed E-state index contributed by atoms with van der Waals surface area (Å²) in [5, 5.41) is 3.58. The van der Waals surface area contributed by atoms with Gasteiger partial charge in [-0.2, -0.15) is 0 Å². The Morgan fingerprint density at radius 3 is 2.89 bits per heavy atom. The fraction of sp³-hybridized carbons (Fsp3) is 0.533. The molecule has 2 atom stereocenters. The molecule has 4 nitrogen and oxygen atoms in total. The first-order valence-electron chi connectivity index (χ1n) is 7.01. The van der Waals surface area contributed by atoms with E-state index in [9.17, 15) is 4.79 Å². The van der Waals surface area contributed by atoms with Crippen molar-refractivity contribution < 1.29 is 9.53 Å². The van der Waals surface area contributed by atoms with Crippen molar-refractivity contribution in [1.82, 2.24) is 4.90 Å². The Morgan fingerprint density at radius 2 is 2.16 bits per heavy atom. The molecule has 3 saturated heterocycles. The first-order chi connectivity index (χ1) is 9.29. The van der Waals surface area contributed by atoms with Crippen molar-refractivity contribution in [2.75, 3.05) is 25.5 Å². The molecule has 0 aromatic heterocycles. The number of carbonyl (C=O) groups is 1. The Labute approximate surface area is 112 Å². The van der Waals surface area contributed by atoms with Crippen LogP contribution < -0.4 is 5.32 Å². The van der Waals surface area contributed by atoms with Crippen molar-refractivity contribution in [3.63, 3.8) is 0 Å². The SMILES string of the molecule is COC(=O)c1cccc2c1NC1C2C2CCN1CC2. The smallest absolute Gasteiger partial charge is 0.339 e. The maximum absolute atomic E-state index is 11.9. The lowest BCUT2D eigenvalue weighted by Gasteiger charge is -2.48. The second kappa shape index (κ2) is 3.97. The highest BCUT2D eigenvalue weighted by atomic mass is 16.5. The molecular formula is C15H18N2O2. The standard InChI is InChI=1S/C15H18N2O2/c1-19-15(18)11-4-2-3-10-12-9-5-7-17(8-6-9)14(12)16-13(10)11/h2-4,9,12,14,16H,5-8H2,1H3. The first-order valence-corrected chi connectivity index (χ1v) is 7.01. The number of benzene rings is 1. The van der Waals surface area contributed by atoms with E-state index in [0.29, 0.717) is 17.6 Å². The molecule has 2 unspecified atom stereocenters. The lowest BCUT2D eigenvalue weighted by molar-refractivity contribution is 0.0461. The predicted molar refractivity (Wildman–Crippen MR) is 72.2 cm³/mol. The zero-order valence-electron chi connectivity index (χ0n) is 11.1. The molecule has 4 aliphatic rings. The number of para-hydroxylation sites is 1. The number of carbonyl (C=O) groups excluding carboxylic acids is 1. The van der Waals surface area contributed by atoms with E-state index in [0.717, 1.165) is 11.6 Å². The fourth-order valence-electron chi connectivity index (χ4n) is 4.08. The molecule has 4 aliphatic heterocycles. The quantitative estimate of drug-likeness (QED) is 0.783. The van der Waals surface area contributed by atoms with Gasteiger partial charge >= 0.3 is 5.97 Å². The summed E-state index contributed by atoms with van der Waals surface area (Å²) in [7, 11) is 1.44. The van der Waals surface area contributed by atoms with E-state index in [1.54, 1.807) is 0 Å². The molecule has 1 aromatic carbocycles.